The Morgan fingerprint density at radius 1 is 1.12 bits per heavy atom. The molecule has 0 aliphatic carbocycles. The van der Waals surface area contributed by atoms with Gasteiger partial charge in [-0.1, -0.05) is 42.5 Å². The van der Waals surface area contributed by atoms with Gasteiger partial charge in [-0.2, -0.15) is 0 Å². The van der Waals surface area contributed by atoms with Crippen molar-refractivity contribution >= 4 is 23.4 Å². The van der Waals surface area contributed by atoms with E-state index in [0.29, 0.717) is 5.75 Å². The zero-order valence-corrected chi connectivity index (χ0v) is 14.5. The molecule has 6 heteroatoms. The van der Waals surface area contributed by atoms with Crippen molar-refractivity contribution in [3.8, 4) is 0 Å². The molecule has 2 atom stereocenters. The van der Waals surface area contributed by atoms with Crippen molar-refractivity contribution in [2.45, 2.75) is 25.1 Å². The molecule has 0 unspecified atom stereocenters. The molecule has 0 fully saturated rings. The van der Waals surface area contributed by atoms with E-state index in [4.69, 9.17) is 0 Å². The summed E-state index contributed by atoms with van der Waals surface area (Å²) in [6.07, 6.45) is 0. The predicted octanol–water partition coefficient (Wildman–Crippen LogP) is 4.27. The topological polar surface area (TPSA) is 72.2 Å². The highest BCUT2D eigenvalue weighted by Crippen LogP contribution is 2.30. The molecule has 1 amide bonds. The Morgan fingerprint density at radius 2 is 1.79 bits per heavy atom. The summed E-state index contributed by atoms with van der Waals surface area (Å²) < 4.78 is 0. The minimum absolute atomic E-state index is 0.00248. The Bertz CT molecular complexity index is 706. The minimum atomic E-state index is -0.408. The second-order valence-corrected chi connectivity index (χ2v) is 6.83. The molecule has 2 rings (SSSR count). The highest BCUT2D eigenvalue weighted by Gasteiger charge is 2.14. The first-order valence-corrected chi connectivity index (χ1v) is 8.72. The Balaban J connectivity index is 1.87. The number of carbonyl (C=O) groups is 1. The van der Waals surface area contributed by atoms with Crippen LogP contribution in [0.25, 0.3) is 0 Å². The number of nitro groups is 1. The Labute approximate surface area is 145 Å². The van der Waals surface area contributed by atoms with E-state index in [1.165, 1.54) is 17.8 Å². The number of thioether (sulfide) groups is 1. The third-order valence-corrected chi connectivity index (χ3v) is 4.89. The molecule has 2 aromatic carbocycles. The van der Waals surface area contributed by atoms with Crippen LogP contribution >= 0.6 is 11.8 Å². The SMILES string of the molecule is C[C@@H](NC(=O)CS[C@H](C)c1cccc([N+](=O)[O-])c1)c1ccccc1. The average molecular weight is 344 g/mol. The molecule has 0 bridgehead atoms. The Kier molecular flexibility index (Phi) is 6.37. The van der Waals surface area contributed by atoms with E-state index in [-0.39, 0.29) is 22.9 Å². The molecule has 126 valence electrons. The number of nitrogens with one attached hydrogen (secondary N) is 1. The van der Waals surface area contributed by atoms with E-state index in [9.17, 15) is 14.9 Å². The summed E-state index contributed by atoms with van der Waals surface area (Å²) in [4.78, 5) is 22.5. The first-order valence-electron chi connectivity index (χ1n) is 7.67. The first kappa shape index (κ1) is 18.0. The molecule has 0 saturated carbocycles. The second-order valence-electron chi connectivity index (χ2n) is 5.51. The molecule has 0 radical (unpaired) electrons. The van der Waals surface area contributed by atoms with Crippen LogP contribution in [0.2, 0.25) is 0 Å². The number of carbonyl (C=O) groups excluding carboxylic acids is 1. The summed E-state index contributed by atoms with van der Waals surface area (Å²) in [7, 11) is 0. The van der Waals surface area contributed by atoms with Gasteiger partial charge in [0.05, 0.1) is 16.7 Å². The van der Waals surface area contributed by atoms with Gasteiger partial charge in [0.1, 0.15) is 0 Å². The molecular formula is C18H20N2O3S. The lowest BCUT2D eigenvalue weighted by atomic mass is 10.1. The number of rotatable bonds is 7. The molecule has 1 N–H and O–H groups in total. The van der Waals surface area contributed by atoms with E-state index in [0.717, 1.165) is 11.1 Å². The third kappa shape index (κ3) is 5.09. The molecule has 0 aliphatic rings. The number of hydrogen-bond acceptors (Lipinski definition) is 4. The maximum Gasteiger partial charge on any atom is 0.269 e. The number of non-ortho nitro benzene ring substituents is 1. The molecule has 2 aromatic rings. The molecule has 0 aliphatic heterocycles. The fourth-order valence-electron chi connectivity index (χ4n) is 2.30. The predicted molar refractivity (Wildman–Crippen MR) is 97.0 cm³/mol. The van der Waals surface area contributed by atoms with Crippen LogP contribution < -0.4 is 5.32 Å². The van der Waals surface area contributed by atoms with E-state index < -0.39 is 4.92 Å². The summed E-state index contributed by atoms with van der Waals surface area (Å²) in [5.74, 6) is 0.259. The second kappa shape index (κ2) is 8.49. The highest BCUT2D eigenvalue weighted by atomic mass is 32.2. The van der Waals surface area contributed by atoms with Gasteiger partial charge >= 0.3 is 0 Å². The van der Waals surface area contributed by atoms with E-state index in [1.54, 1.807) is 12.1 Å². The maximum absolute atomic E-state index is 12.1. The largest absolute Gasteiger partial charge is 0.349 e. The third-order valence-electron chi connectivity index (χ3n) is 3.69. The number of amides is 1. The van der Waals surface area contributed by atoms with E-state index >= 15 is 0 Å². The van der Waals surface area contributed by atoms with Gasteiger partial charge in [-0.15, -0.1) is 11.8 Å². The lowest BCUT2D eigenvalue weighted by molar-refractivity contribution is -0.384. The zero-order valence-electron chi connectivity index (χ0n) is 13.6. The quantitative estimate of drug-likeness (QED) is 0.601. The van der Waals surface area contributed by atoms with Crippen LogP contribution in [-0.2, 0) is 4.79 Å². The van der Waals surface area contributed by atoms with Gasteiger partial charge in [0.25, 0.3) is 5.69 Å². The van der Waals surface area contributed by atoms with Crippen molar-refractivity contribution < 1.29 is 9.72 Å². The van der Waals surface area contributed by atoms with Crippen molar-refractivity contribution in [3.05, 3.63) is 75.8 Å². The minimum Gasteiger partial charge on any atom is -0.349 e. The maximum atomic E-state index is 12.1. The molecule has 5 nitrogen and oxygen atoms in total. The number of nitro benzene ring substituents is 1. The van der Waals surface area contributed by atoms with Crippen LogP contribution in [0.5, 0.6) is 0 Å². The van der Waals surface area contributed by atoms with E-state index in [1.807, 2.05) is 50.2 Å². The van der Waals surface area contributed by atoms with Gasteiger partial charge in [-0.3, -0.25) is 14.9 Å². The van der Waals surface area contributed by atoms with Gasteiger partial charge in [-0.05, 0) is 25.0 Å². The number of nitrogens with zero attached hydrogens (tertiary/aromatic N) is 1. The van der Waals surface area contributed by atoms with Crippen molar-refractivity contribution in [1.29, 1.82) is 0 Å². The summed E-state index contributed by atoms with van der Waals surface area (Å²) in [5.41, 5.74) is 1.97. The van der Waals surface area contributed by atoms with Gasteiger partial charge in [0.15, 0.2) is 0 Å². The van der Waals surface area contributed by atoms with Gasteiger partial charge < -0.3 is 5.32 Å². The number of hydrogen-bond donors (Lipinski definition) is 1. The molecule has 0 aromatic heterocycles. The molecule has 24 heavy (non-hydrogen) atoms. The van der Waals surface area contributed by atoms with Crippen molar-refractivity contribution in [2.75, 3.05) is 5.75 Å². The summed E-state index contributed by atoms with van der Waals surface area (Å²) >= 11 is 1.46. The fraction of sp³-hybridized carbons (Fsp3) is 0.278. The monoisotopic (exact) mass is 344 g/mol. The average Bonchev–Trinajstić information content (AvgIpc) is 2.60. The smallest absolute Gasteiger partial charge is 0.269 e. The van der Waals surface area contributed by atoms with Crippen molar-refractivity contribution in [3.63, 3.8) is 0 Å². The van der Waals surface area contributed by atoms with Crippen LogP contribution in [0.15, 0.2) is 54.6 Å². The molecule has 0 saturated heterocycles. The molecule has 0 spiro atoms. The van der Waals surface area contributed by atoms with Crippen molar-refractivity contribution in [2.24, 2.45) is 0 Å². The Hall–Kier alpha value is -2.34. The Morgan fingerprint density at radius 3 is 2.46 bits per heavy atom. The van der Waals surface area contributed by atoms with Gasteiger partial charge in [-0.25, -0.2) is 0 Å². The standard InChI is InChI=1S/C18H20N2O3S/c1-13(15-7-4-3-5-8-15)19-18(21)12-24-14(2)16-9-6-10-17(11-16)20(22)23/h3-11,13-14H,12H2,1-2H3,(H,19,21)/t13-,14-/m1/s1. The van der Waals surface area contributed by atoms with Gasteiger partial charge in [0.2, 0.25) is 5.91 Å². The molecular weight excluding hydrogens is 324 g/mol. The lowest BCUT2D eigenvalue weighted by Crippen LogP contribution is -2.28. The summed E-state index contributed by atoms with van der Waals surface area (Å²) in [6.45, 7) is 3.89. The normalized spacial score (nSPS) is 13.1. The van der Waals surface area contributed by atoms with Gasteiger partial charge in [0, 0.05) is 17.4 Å². The van der Waals surface area contributed by atoms with Crippen LogP contribution in [0.1, 0.15) is 36.3 Å². The highest BCUT2D eigenvalue weighted by molar-refractivity contribution is 8.00. The fourth-order valence-corrected chi connectivity index (χ4v) is 3.12. The summed E-state index contributed by atoms with van der Waals surface area (Å²) in [6, 6.07) is 16.3. The molecule has 0 heterocycles. The van der Waals surface area contributed by atoms with Crippen LogP contribution in [0.4, 0.5) is 5.69 Å². The van der Waals surface area contributed by atoms with Crippen LogP contribution in [0.3, 0.4) is 0 Å². The van der Waals surface area contributed by atoms with E-state index in [2.05, 4.69) is 5.32 Å². The lowest BCUT2D eigenvalue weighted by Gasteiger charge is -2.16. The number of benzene rings is 2. The summed E-state index contributed by atoms with van der Waals surface area (Å²) in [5, 5.41) is 13.8. The zero-order chi connectivity index (χ0) is 17.5. The van der Waals surface area contributed by atoms with Crippen molar-refractivity contribution in [1.82, 2.24) is 5.32 Å². The van der Waals surface area contributed by atoms with Crippen LogP contribution in [-0.4, -0.2) is 16.6 Å². The van der Waals surface area contributed by atoms with Crippen LogP contribution in [0, 0.1) is 10.1 Å². The first-order chi connectivity index (χ1) is 11.5.